The number of aliphatic carboxylic acids is 1. The highest BCUT2D eigenvalue weighted by Gasteiger charge is 2.18. The second kappa shape index (κ2) is 6.36. The van der Waals surface area contributed by atoms with E-state index >= 15 is 0 Å². The van der Waals surface area contributed by atoms with Crippen LogP contribution in [0.2, 0.25) is 0 Å². The molecular formula is C11H18N2O4. The zero-order chi connectivity index (χ0) is 12.8. The van der Waals surface area contributed by atoms with Gasteiger partial charge in [0.15, 0.2) is 0 Å². The van der Waals surface area contributed by atoms with Crippen molar-refractivity contribution in [1.82, 2.24) is 10.6 Å². The largest absolute Gasteiger partial charge is 0.481 e. The topological polar surface area (TPSA) is 87.7 Å². The van der Waals surface area contributed by atoms with E-state index in [-0.39, 0.29) is 18.9 Å². The van der Waals surface area contributed by atoms with Crippen LogP contribution in [0.15, 0.2) is 11.1 Å². The molecule has 1 aliphatic heterocycles. The maximum absolute atomic E-state index is 11.7. The van der Waals surface area contributed by atoms with Gasteiger partial charge in [-0.1, -0.05) is 0 Å². The first-order chi connectivity index (χ1) is 8.04. The number of carbonyl (C=O) groups excluding carboxylic acids is 1. The Morgan fingerprint density at radius 1 is 1.53 bits per heavy atom. The molecule has 6 heteroatoms. The third-order valence-electron chi connectivity index (χ3n) is 2.77. The monoisotopic (exact) mass is 242 g/mol. The minimum atomic E-state index is -0.940. The quantitative estimate of drug-likeness (QED) is 0.547. The number of methoxy groups -OCH3 is 1. The van der Waals surface area contributed by atoms with Gasteiger partial charge in [0.1, 0.15) is 0 Å². The lowest BCUT2D eigenvalue weighted by Gasteiger charge is -2.22. The molecule has 0 bridgehead atoms. The predicted molar refractivity (Wildman–Crippen MR) is 61.6 cm³/mol. The van der Waals surface area contributed by atoms with E-state index in [1.54, 1.807) is 6.92 Å². The van der Waals surface area contributed by atoms with Crippen molar-refractivity contribution < 1.29 is 19.4 Å². The lowest BCUT2D eigenvalue weighted by Crippen LogP contribution is -2.39. The Balaban J connectivity index is 2.38. The molecule has 1 rings (SSSR count). The van der Waals surface area contributed by atoms with Crippen molar-refractivity contribution in [2.75, 3.05) is 26.7 Å². The standard InChI is InChI=1S/C11H18N2O4/c1-7(8-4-12-5-8)11(16)13-6-9(17-2)3-10(14)15/h9,12H,3-6H2,1-2H3,(H,13,16)(H,14,15). The highest BCUT2D eigenvalue weighted by Crippen LogP contribution is 2.08. The first-order valence-electron chi connectivity index (χ1n) is 5.46. The molecule has 0 aromatic carbocycles. The van der Waals surface area contributed by atoms with Crippen LogP contribution in [0, 0.1) is 0 Å². The SMILES string of the molecule is COC(CNC(=O)C(C)=C1CNC1)CC(=O)O. The molecule has 3 N–H and O–H groups in total. The Labute approximate surface area is 100 Å². The predicted octanol–water partition coefficient (Wildman–Crippen LogP) is -0.488. The van der Waals surface area contributed by atoms with Crippen molar-refractivity contribution in [3.05, 3.63) is 11.1 Å². The van der Waals surface area contributed by atoms with E-state index in [1.165, 1.54) is 7.11 Å². The van der Waals surface area contributed by atoms with Crippen LogP contribution >= 0.6 is 0 Å². The molecule has 1 unspecified atom stereocenters. The van der Waals surface area contributed by atoms with Crippen molar-refractivity contribution in [3.8, 4) is 0 Å². The first kappa shape index (κ1) is 13.7. The number of hydrogen-bond donors (Lipinski definition) is 3. The van der Waals surface area contributed by atoms with E-state index in [9.17, 15) is 9.59 Å². The van der Waals surface area contributed by atoms with E-state index in [4.69, 9.17) is 9.84 Å². The molecule has 0 aliphatic carbocycles. The van der Waals surface area contributed by atoms with E-state index in [2.05, 4.69) is 10.6 Å². The van der Waals surface area contributed by atoms with Crippen LogP contribution in [0.4, 0.5) is 0 Å². The normalized spacial score (nSPS) is 16.0. The summed E-state index contributed by atoms with van der Waals surface area (Å²) in [6, 6.07) is 0. The molecule has 17 heavy (non-hydrogen) atoms. The molecule has 1 atom stereocenters. The lowest BCUT2D eigenvalue weighted by molar-refractivity contribution is -0.140. The molecule has 1 fully saturated rings. The Morgan fingerprint density at radius 2 is 2.18 bits per heavy atom. The highest BCUT2D eigenvalue weighted by molar-refractivity contribution is 5.94. The number of carboxylic acid groups (broad SMARTS) is 1. The van der Waals surface area contributed by atoms with Gasteiger partial charge in [0.05, 0.1) is 12.5 Å². The highest BCUT2D eigenvalue weighted by atomic mass is 16.5. The average Bonchev–Trinajstić information content (AvgIpc) is 2.20. The van der Waals surface area contributed by atoms with Crippen LogP contribution in [0.25, 0.3) is 0 Å². The van der Waals surface area contributed by atoms with Crippen molar-refractivity contribution >= 4 is 11.9 Å². The summed E-state index contributed by atoms with van der Waals surface area (Å²) >= 11 is 0. The van der Waals surface area contributed by atoms with Gasteiger partial charge in [-0.05, 0) is 12.5 Å². The number of nitrogens with one attached hydrogen (secondary N) is 2. The zero-order valence-electron chi connectivity index (χ0n) is 10.1. The molecule has 96 valence electrons. The molecule has 0 saturated carbocycles. The summed E-state index contributed by atoms with van der Waals surface area (Å²) in [5, 5.41) is 14.3. The van der Waals surface area contributed by atoms with Gasteiger partial charge in [-0.2, -0.15) is 0 Å². The summed E-state index contributed by atoms with van der Waals surface area (Å²) in [7, 11) is 1.43. The lowest BCUT2D eigenvalue weighted by atomic mass is 10.0. The molecular weight excluding hydrogens is 224 g/mol. The van der Waals surface area contributed by atoms with E-state index < -0.39 is 12.1 Å². The molecule has 0 aromatic heterocycles. The average molecular weight is 242 g/mol. The van der Waals surface area contributed by atoms with E-state index in [0.29, 0.717) is 5.57 Å². The van der Waals surface area contributed by atoms with Crippen molar-refractivity contribution in [2.24, 2.45) is 0 Å². The minimum absolute atomic E-state index is 0.117. The third kappa shape index (κ3) is 4.16. The van der Waals surface area contributed by atoms with Crippen molar-refractivity contribution in [2.45, 2.75) is 19.4 Å². The van der Waals surface area contributed by atoms with Crippen LogP contribution in [-0.4, -0.2) is 49.8 Å². The number of amides is 1. The molecule has 1 heterocycles. The molecule has 1 saturated heterocycles. The Hall–Kier alpha value is -1.40. The smallest absolute Gasteiger partial charge is 0.306 e. The minimum Gasteiger partial charge on any atom is -0.481 e. The number of carbonyl (C=O) groups is 2. The zero-order valence-corrected chi connectivity index (χ0v) is 10.1. The Bertz CT molecular complexity index is 332. The summed E-state index contributed by atoms with van der Waals surface area (Å²) in [5.74, 6) is -1.10. The maximum atomic E-state index is 11.7. The fraction of sp³-hybridized carbons (Fsp3) is 0.636. The first-order valence-corrected chi connectivity index (χ1v) is 5.46. The van der Waals surface area contributed by atoms with Crippen LogP contribution < -0.4 is 10.6 Å². The van der Waals surface area contributed by atoms with Gasteiger partial charge in [0.25, 0.3) is 0 Å². The second-order valence-corrected chi connectivity index (χ2v) is 4.00. The van der Waals surface area contributed by atoms with Crippen molar-refractivity contribution in [1.29, 1.82) is 0 Å². The summed E-state index contributed by atoms with van der Waals surface area (Å²) in [4.78, 5) is 22.2. The van der Waals surface area contributed by atoms with Gasteiger partial charge in [-0.15, -0.1) is 0 Å². The van der Waals surface area contributed by atoms with Crippen LogP contribution in [0.5, 0.6) is 0 Å². The molecule has 1 amide bonds. The summed E-state index contributed by atoms with van der Waals surface area (Å²) in [6.07, 6.45) is -0.609. The second-order valence-electron chi connectivity index (χ2n) is 4.00. The van der Waals surface area contributed by atoms with Gasteiger partial charge in [0, 0.05) is 32.3 Å². The van der Waals surface area contributed by atoms with Crippen LogP contribution in [0.1, 0.15) is 13.3 Å². The van der Waals surface area contributed by atoms with E-state index in [0.717, 1.165) is 18.7 Å². The van der Waals surface area contributed by atoms with E-state index in [1.807, 2.05) is 0 Å². The summed E-state index contributed by atoms with van der Waals surface area (Å²) in [6.45, 7) is 3.48. The number of carboxylic acids is 1. The van der Waals surface area contributed by atoms with Crippen LogP contribution in [0.3, 0.4) is 0 Å². The molecule has 1 aliphatic rings. The summed E-state index contributed by atoms with van der Waals surface area (Å²) in [5.41, 5.74) is 1.80. The molecule has 0 radical (unpaired) electrons. The number of ether oxygens (including phenoxy) is 1. The molecule has 0 aromatic rings. The van der Waals surface area contributed by atoms with Gasteiger partial charge < -0.3 is 20.5 Å². The van der Waals surface area contributed by atoms with Gasteiger partial charge in [-0.25, -0.2) is 0 Å². The fourth-order valence-electron chi connectivity index (χ4n) is 1.45. The number of rotatable bonds is 6. The van der Waals surface area contributed by atoms with Crippen LogP contribution in [-0.2, 0) is 14.3 Å². The Morgan fingerprint density at radius 3 is 2.59 bits per heavy atom. The van der Waals surface area contributed by atoms with Gasteiger partial charge in [0.2, 0.25) is 5.91 Å². The van der Waals surface area contributed by atoms with Crippen molar-refractivity contribution in [3.63, 3.8) is 0 Å². The Kier molecular flexibility index (Phi) is 5.11. The third-order valence-corrected chi connectivity index (χ3v) is 2.77. The summed E-state index contributed by atoms with van der Waals surface area (Å²) < 4.78 is 4.97. The van der Waals surface area contributed by atoms with Gasteiger partial charge >= 0.3 is 5.97 Å². The fourth-order valence-corrected chi connectivity index (χ4v) is 1.45. The van der Waals surface area contributed by atoms with Gasteiger partial charge in [-0.3, -0.25) is 9.59 Å². The molecule has 6 nitrogen and oxygen atoms in total. The number of hydrogen-bond acceptors (Lipinski definition) is 4. The maximum Gasteiger partial charge on any atom is 0.306 e. The molecule has 0 spiro atoms.